The van der Waals surface area contributed by atoms with Crippen LogP contribution in [-0.2, 0) is 4.79 Å². The number of hydrogen-bond acceptors (Lipinski definition) is 2. The molecular weight excluding hydrogens is 236 g/mol. The van der Waals surface area contributed by atoms with Gasteiger partial charge in [-0.1, -0.05) is 34.1 Å². The second-order valence-electron chi connectivity index (χ2n) is 5.82. The van der Waals surface area contributed by atoms with Crippen LogP contribution < -0.4 is 5.32 Å². The Kier molecular flexibility index (Phi) is 7.44. The van der Waals surface area contributed by atoms with E-state index in [0.717, 1.165) is 45.3 Å². The van der Waals surface area contributed by atoms with Crippen molar-refractivity contribution in [3.63, 3.8) is 0 Å². The van der Waals surface area contributed by atoms with Gasteiger partial charge in [0.15, 0.2) is 0 Å². The first-order chi connectivity index (χ1) is 9.17. The van der Waals surface area contributed by atoms with Crippen LogP contribution in [0.25, 0.3) is 0 Å². The van der Waals surface area contributed by atoms with Crippen LogP contribution in [0.2, 0.25) is 0 Å². The fourth-order valence-electron chi connectivity index (χ4n) is 3.14. The Morgan fingerprint density at radius 2 is 1.95 bits per heavy atom. The summed E-state index contributed by atoms with van der Waals surface area (Å²) < 4.78 is 0. The Morgan fingerprint density at radius 1 is 1.26 bits per heavy atom. The van der Waals surface area contributed by atoms with Gasteiger partial charge in [-0.05, 0) is 38.1 Å². The SMILES string of the molecule is CCCNC1CCN(C(=O)C(CC)CC)CC1CC. The first kappa shape index (κ1) is 16.5. The lowest BCUT2D eigenvalue weighted by atomic mass is 9.88. The van der Waals surface area contributed by atoms with Crippen molar-refractivity contribution in [3.8, 4) is 0 Å². The average molecular weight is 268 g/mol. The topological polar surface area (TPSA) is 32.3 Å². The number of nitrogens with zero attached hydrogens (tertiary/aromatic N) is 1. The molecule has 0 aromatic rings. The molecule has 3 nitrogen and oxygen atoms in total. The van der Waals surface area contributed by atoms with Crippen molar-refractivity contribution >= 4 is 5.91 Å². The van der Waals surface area contributed by atoms with Gasteiger partial charge in [0, 0.05) is 25.0 Å². The van der Waals surface area contributed by atoms with E-state index in [9.17, 15) is 4.79 Å². The summed E-state index contributed by atoms with van der Waals surface area (Å²) in [7, 11) is 0. The van der Waals surface area contributed by atoms with E-state index in [0.29, 0.717) is 17.9 Å². The number of amides is 1. The second kappa shape index (κ2) is 8.57. The fraction of sp³-hybridized carbons (Fsp3) is 0.938. The van der Waals surface area contributed by atoms with Gasteiger partial charge >= 0.3 is 0 Å². The lowest BCUT2D eigenvalue weighted by Gasteiger charge is -2.40. The summed E-state index contributed by atoms with van der Waals surface area (Å²) in [5.41, 5.74) is 0. The highest BCUT2D eigenvalue weighted by Crippen LogP contribution is 2.23. The molecule has 1 rings (SSSR count). The molecule has 0 aromatic carbocycles. The van der Waals surface area contributed by atoms with Crippen LogP contribution in [0, 0.1) is 11.8 Å². The van der Waals surface area contributed by atoms with Gasteiger partial charge in [0.25, 0.3) is 0 Å². The van der Waals surface area contributed by atoms with E-state index in [-0.39, 0.29) is 5.92 Å². The number of nitrogens with one attached hydrogen (secondary N) is 1. The van der Waals surface area contributed by atoms with Gasteiger partial charge in [-0.2, -0.15) is 0 Å². The van der Waals surface area contributed by atoms with Crippen LogP contribution in [0.15, 0.2) is 0 Å². The van der Waals surface area contributed by atoms with Crippen molar-refractivity contribution in [1.29, 1.82) is 0 Å². The van der Waals surface area contributed by atoms with Gasteiger partial charge in [0.1, 0.15) is 0 Å². The number of rotatable bonds is 7. The third-order valence-electron chi connectivity index (χ3n) is 4.56. The predicted molar refractivity (Wildman–Crippen MR) is 81.1 cm³/mol. The summed E-state index contributed by atoms with van der Waals surface area (Å²) in [5, 5.41) is 3.65. The molecule has 19 heavy (non-hydrogen) atoms. The maximum Gasteiger partial charge on any atom is 0.225 e. The first-order valence-corrected chi connectivity index (χ1v) is 8.19. The highest BCUT2D eigenvalue weighted by atomic mass is 16.2. The summed E-state index contributed by atoms with van der Waals surface area (Å²) in [6.07, 6.45) is 5.40. The van der Waals surface area contributed by atoms with Gasteiger partial charge in [0.2, 0.25) is 5.91 Å². The molecule has 1 heterocycles. The Hall–Kier alpha value is -0.570. The van der Waals surface area contributed by atoms with E-state index < -0.39 is 0 Å². The zero-order valence-corrected chi connectivity index (χ0v) is 13.2. The van der Waals surface area contributed by atoms with Crippen molar-refractivity contribution < 1.29 is 4.79 Å². The molecule has 2 atom stereocenters. The van der Waals surface area contributed by atoms with Crippen LogP contribution in [0.4, 0.5) is 0 Å². The van der Waals surface area contributed by atoms with Crippen molar-refractivity contribution in [3.05, 3.63) is 0 Å². The van der Waals surface area contributed by atoms with Crippen molar-refractivity contribution in [2.45, 2.75) is 65.8 Å². The van der Waals surface area contributed by atoms with Gasteiger partial charge in [-0.3, -0.25) is 4.79 Å². The average Bonchev–Trinajstić information content (AvgIpc) is 2.46. The predicted octanol–water partition coefficient (Wildman–Crippen LogP) is 3.05. The van der Waals surface area contributed by atoms with Gasteiger partial charge in [0.05, 0.1) is 0 Å². The number of likely N-dealkylation sites (tertiary alicyclic amines) is 1. The lowest BCUT2D eigenvalue weighted by Crippen LogP contribution is -2.52. The molecular formula is C16H32N2O. The molecule has 1 fully saturated rings. The highest BCUT2D eigenvalue weighted by molar-refractivity contribution is 5.78. The van der Waals surface area contributed by atoms with E-state index in [2.05, 4.69) is 37.9 Å². The maximum atomic E-state index is 12.4. The third kappa shape index (κ3) is 4.48. The summed E-state index contributed by atoms with van der Waals surface area (Å²) in [6.45, 7) is 11.7. The van der Waals surface area contributed by atoms with E-state index >= 15 is 0 Å². The summed E-state index contributed by atoms with van der Waals surface area (Å²) in [5.74, 6) is 1.24. The van der Waals surface area contributed by atoms with E-state index in [1.807, 2.05) is 0 Å². The third-order valence-corrected chi connectivity index (χ3v) is 4.56. The molecule has 1 N–H and O–H groups in total. The second-order valence-corrected chi connectivity index (χ2v) is 5.82. The van der Waals surface area contributed by atoms with Crippen LogP contribution in [0.3, 0.4) is 0 Å². The monoisotopic (exact) mass is 268 g/mol. The zero-order valence-electron chi connectivity index (χ0n) is 13.2. The minimum absolute atomic E-state index is 0.234. The Balaban J connectivity index is 2.55. The Labute approximate surface area is 119 Å². The standard InChI is InChI=1S/C16H32N2O/c1-5-10-17-15-9-11-18(12-14(15)8-4)16(19)13(6-2)7-3/h13-15,17H,5-12H2,1-4H3. The molecule has 0 radical (unpaired) electrons. The molecule has 1 saturated heterocycles. The minimum atomic E-state index is 0.234. The molecule has 0 spiro atoms. The summed E-state index contributed by atoms with van der Waals surface area (Å²) in [6, 6.07) is 0.607. The van der Waals surface area contributed by atoms with Crippen molar-refractivity contribution in [1.82, 2.24) is 10.2 Å². The Bertz CT molecular complexity index is 263. The number of carbonyl (C=O) groups is 1. The molecule has 1 aliphatic rings. The summed E-state index contributed by atoms with van der Waals surface area (Å²) >= 11 is 0. The van der Waals surface area contributed by atoms with Crippen molar-refractivity contribution in [2.75, 3.05) is 19.6 Å². The van der Waals surface area contributed by atoms with Crippen LogP contribution in [-0.4, -0.2) is 36.5 Å². The lowest BCUT2D eigenvalue weighted by molar-refractivity contribution is -0.138. The van der Waals surface area contributed by atoms with Gasteiger partial charge in [-0.25, -0.2) is 0 Å². The quantitative estimate of drug-likeness (QED) is 0.769. The number of piperidine rings is 1. The molecule has 2 unspecified atom stereocenters. The zero-order chi connectivity index (χ0) is 14.3. The molecule has 0 aliphatic carbocycles. The van der Waals surface area contributed by atoms with Crippen molar-refractivity contribution in [2.24, 2.45) is 11.8 Å². The molecule has 112 valence electrons. The number of hydrogen-bond donors (Lipinski definition) is 1. The van der Waals surface area contributed by atoms with E-state index in [4.69, 9.17) is 0 Å². The van der Waals surface area contributed by atoms with Gasteiger partial charge < -0.3 is 10.2 Å². The normalized spacial score (nSPS) is 23.9. The smallest absolute Gasteiger partial charge is 0.225 e. The van der Waals surface area contributed by atoms with Crippen LogP contribution in [0.1, 0.15) is 59.8 Å². The van der Waals surface area contributed by atoms with Crippen LogP contribution >= 0.6 is 0 Å². The summed E-state index contributed by atoms with van der Waals surface area (Å²) in [4.78, 5) is 14.6. The Morgan fingerprint density at radius 3 is 2.47 bits per heavy atom. The highest BCUT2D eigenvalue weighted by Gasteiger charge is 2.31. The molecule has 0 saturated carbocycles. The number of carbonyl (C=O) groups excluding carboxylic acids is 1. The van der Waals surface area contributed by atoms with Gasteiger partial charge in [-0.15, -0.1) is 0 Å². The molecule has 0 bridgehead atoms. The fourth-order valence-corrected chi connectivity index (χ4v) is 3.14. The van der Waals surface area contributed by atoms with E-state index in [1.165, 1.54) is 6.42 Å². The maximum absolute atomic E-state index is 12.4. The molecule has 1 amide bonds. The molecule has 1 aliphatic heterocycles. The van der Waals surface area contributed by atoms with Crippen LogP contribution in [0.5, 0.6) is 0 Å². The molecule has 3 heteroatoms. The van der Waals surface area contributed by atoms with E-state index in [1.54, 1.807) is 0 Å². The largest absolute Gasteiger partial charge is 0.342 e. The molecule has 0 aromatic heterocycles. The minimum Gasteiger partial charge on any atom is -0.342 e. The first-order valence-electron chi connectivity index (χ1n) is 8.19.